The first-order valence-electron chi connectivity index (χ1n) is 10.1. The average molecular weight is 353 g/mol. The summed E-state index contributed by atoms with van der Waals surface area (Å²) in [6.07, 6.45) is 11.4. The quantitative estimate of drug-likeness (QED) is 0.737. The van der Waals surface area contributed by atoms with Crippen molar-refractivity contribution in [3.8, 4) is 0 Å². The molecular formula is C22H27NO3. The van der Waals surface area contributed by atoms with E-state index in [4.69, 9.17) is 4.42 Å². The lowest BCUT2D eigenvalue weighted by Crippen LogP contribution is -2.49. The molecule has 2 aliphatic carbocycles. The van der Waals surface area contributed by atoms with Gasteiger partial charge in [0.1, 0.15) is 11.1 Å². The maximum Gasteiger partial charge on any atom is 0.349 e. The summed E-state index contributed by atoms with van der Waals surface area (Å²) in [6, 6.07) is 9.66. The molecule has 1 aromatic heterocycles. The van der Waals surface area contributed by atoms with Gasteiger partial charge in [-0.2, -0.15) is 0 Å². The van der Waals surface area contributed by atoms with Crippen molar-refractivity contribution in [2.24, 2.45) is 0 Å². The lowest BCUT2D eigenvalue weighted by molar-refractivity contribution is 0.0444. The first kappa shape index (κ1) is 17.3. The predicted octanol–water partition coefficient (Wildman–Crippen LogP) is 4.90. The zero-order valence-electron chi connectivity index (χ0n) is 15.3. The van der Waals surface area contributed by atoms with Crippen molar-refractivity contribution in [3.05, 3.63) is 46.3 Å². The predicted molar refractivity (Wildman–Crippen MR) is 102 cm³/mol. The number of amides is 1. The number of carbonyl (C=O) groups is 1. The van der Waals surface area contributed by atoms with Crippen LogP contribution in [0.3, 0.4) is 0 Å². The number of benzene rings is 1. The zero-order valence-corrected chi connectivity index (χ0v) is 15.3. The summed E-state index contributed by atoms with van der Waals surface area (Å²) in [4.78, 5) is 28.1. The highest BCUT2D eigenvalue weighted by atomic mass is 16.4. The van der Waals surface area contributed by atoms with Crippen LogP contribution in [0.1, 0.15) is 74.6 Å². The van der Waals surface area contributed by atoms with Crippen LogP contribution in [0.4, 0.5) is 0 Å². The smallest absolute Gasteiger partial charge is 0.349 e. The van der Waals surface area contributed by atoms with Gasteiger partial charge in [0.2, 0.25) is 0 Å². The molecule has 26 heavy (non-hydrogen) atoms. The van der Waals surface area contributed by atoms with E-state index in [9.17, 15) is 9.59 Å². The van der Waals surface area contributed by atoms with E-state index in [1.165, 1.54) is 38.5 Å². The maximum atomic E-state index is 13.5. The highest BCUT2D eigenvalue weighted by Gasteiger charge is 2.34. The van der Waals surface area contributed by atoms with E-state index >= 15 is 0 Å². The van der Waals surface area contributed by atoms with Gasteiger partial charge in [-0.15, -0.1) is 0 Å². The van der Waals surface area contributed by atoms with Crippen molar-refractivity contribution in [2.45, 2.75) is 76.3 Å². The van der Waals surface area contributed by atoms with E-state index in [-0.39, 0.29) is 23.6 Å². The second-order valence-electron chi connectivity index (χ2n) is 7.78. The van der Waals surface area contributed by atoms with Crippen LogP contribution in [0.15, 0.2) is 39.5 Å². The largest absolute Gasteiger partial charge is 0.422 e. The van der Waals surface area contributed by atoms with Crippen LogP contribution in [0.25, 0.3) is 11.0 Å². The molecule has 0 spiro atoms. The minimum absolute atomic E-state index is 0.122. The molecule has 0 N–H and O–H groups in total. The molecule has 1 aromatic carbocycles. The van der Waals surface area contributed by atoms with Crippen molar-refractivity contribution in [1.29, 1.82) is 0 Å². The Bertz CT molecular complexity index is 811. The maximum absolute atomic E-state index is 13.5. The molecule has 4 heteroatoms. The molecule has 1 heterocycles. The Morgan fingerprint density at radius 3 is 2.08 bits per heavy atom. The summed E-state index contributed by atoms with van der Waals surface area (Å²) < 4.78 is 5.44. The summed E-state index contributed by atoms with van der Waals surface area (Å²) >= 11 is 0. The van der Waals surface area contributed by atoms with E-state index in [1.807, 2.05) is 18.2 Å². The van der Waals surface area contributed by atoms with Crippen LogP contribution < -0.4 is 5.63 Å². The highest BCUT2D eigenvalue weighted by molar-refractivity contribution is 5.97. The summed E-state index contributed by atoms with van der Waals surface area (Å²) in [5, 5.41) is 0.808. The first-order chi connectivity index (χ1) is 12.7. The van der Waals surface area contributed by atoms with Crippen molar-refractivity contribution < 1.29 is 9.21 Å². The number of hydrogen-bond donors (Lipinski definition) is 0. The number of rotatable bonds is 3. The second kappa shape index (κ2) is 7.65. The summed E-state index contributed by atoms with van der Waals surface area (Å²) in [6.45, 7) is 0. The molecule has 4 rings (SSSR count). The Kier molecular flexibility index (Phi) is 5.09. The zero-order chi connectivity index (χ0) is 17.9. The highest BCUT2D eigenvalue weighted by Crippen LogP contribution is 2.31. The number of para-hydroxylation sites is 1. The molecule has 1 amide bonds. The molecule has 0 unspecified atom stereocenters. The van der Waals surface area contributed by atoms with Gasteiger partial charge < -0.3 is 9.32 Å². The average Bonchev–Trinajstić information content (AvgIpc) is 2.69. The number of fused-ring (bicyclic) bond motifs is 1. The topological polar surface area (TPSA) is 50.5 Å². The SMILES string of the molecule is O=C(c1cc2ccccc2oc1=O)N(C1CCCCC1)C1CCCCC1. The third kappa shape index (κ3) is 3.42. The lowest BCUT2D eigenvalue weighted by Gasteiger charge is -2.41. The number of hydrogen-bond acceptors (Lipinski definition) is 3. The first-order valence-corrected chi connectivity index (χ1v) is 10.1. The molecule has 2 saturated carbocycles. The summed E-state index contributed by atoms with van der Waals surface area (Å²) in [5.74, 6) is -0.122. The monoisotopic (exact) mass is 353 g/mol. The third-order valence-corrected chi connectivity index (χ3v) is 6.04. The minimum atomic E-state index is -0.509. The van der Waals surface area contributed by atoms with E-state index in [0.29, 0.717) is 5.58 Å². The van der Waals surface area contributed by atoms with Crippen LogP contribution in [-0.2, 0) is 0 Å². The second-order valence-corrected chi connectivity index (χ2v) is 7.78. The van der Waals surface area contributed by atoms with Crippen LogP contribution in [0.2, 0.25) is 0 Å². The van der Waals surface area contributed by atoms with Gasteiger partial charge >= 0.3 is 5.63 Å². The molecule has 0 radical (unpaired) electrons. The third-order valence-electron chi connectivity index (χ3n) is 6.04. The number of nitrogens with zero attached hydrogens (tertiary/aromatic N) is 1. The normalized spacial score (nSPS) is 19.5. The van der Waals surface area contributed by atoms with E-state index in [1.54, 1.807) is 12.1 Å². The Balaban J connectivity index is 1.71. The van der Waals surface area contributed by atoms with Gasteiger partial charge in [-0.05, 0) is 37.8 Å². The Morgan fingerprint density at radius 1 is 0.885 bits per heavy atom. The molecule has 2 fully saturated rings. The molecule has 2 aliphatic rings. The van der Waals surface area contributed by atoms with E-state index in [2.05, 4.69) is 4.90 Å². The molecule has 4 nitrogen and oxygen atoms in total. The van der Waals surface area contributed by atoms with Gasteiger partial charge in [0.25, 0.3) is 5.91 Å². The van der Waals surface area contributed by atoms with Gasteiger partial charge in [0, 0.05) is 17.5 Å². The molecule has 0 bridgehead atoms. The van der Waals surface area contributed by atoms with Crippen molar-refractivity contribution in [3.63, 3.8) is 0 Å². The van der Waals surface area contributed by atoms with Crippen LogP contribution >= 0.6 is 0 Å². The summed E-state index contributed by atoms with van der Waals surface area (Å²) in [5.41, 5.74) is 0.223. The number of carbonyl (C=O) groups excluding carboxylic acids is 1. The summed E-state index contributed by atoms with van der Waals surface area (Å²) in [7, 11) is 0. The Labute approximate surface area is 154 Å². The standard InChI is InChI=1S/C22H27NO3/c24-21(19-15-16-9-7-8-14-20(16)26-22(19)25)23(17-10-3-1-4-11-17)18-12-5-2-6-13-18/h7-9,14-15,17-18H,1-6,10-13H2. The lowest BCUT2D eigenvalue weighted by atomic mass is 9.88. The van der Waals surface area contributed by atoms with Crippen molar-refractivity contribution >= 4 is 16.9 Å². The van der Waals surface area contributed by atoms with E-state index in [0.717, 1.165) is 31.1 Å². The molecule has 0 atom stereocenters. The Hall–Kier alpha value is -2.10. The van der Waals surface area contributed by atoms with Crippen molar-refractivity contribution in [2.75, 3.05) is 0 Å². The van der Waals surface area contributed by atoms with Gasteiger partial charge in [0.05, 0.1) is 0 Å². The fourth-order valence-corrected chi connectivity index (χ4v) is 4.70. The molecule has 138 valence electrons. The van der Waals surface area contributed by atoms with Gasteiger partial charge in [-0.3, -0.25) is 4.79 Å². The van der Waals surface area contributed by atoms with Gasteiger partial charge in [-0.1, -0.05) is 56.7 Å². The fraction of sp³-hybridized carbons (Fsp3) is 0.545. The minimum Gasteiger partial charge on any atom is -0.422 e. The van der Waals surface area contributed by atoms with E-state index < -0.39 is 5.63 Å². The van der Waals surface area contributed by atoms with Crippen LogP contribution in [-0.4, -0.2) is 22.9 Å². The molecule has 2 aromatic rings. The van der Waals surface area contributed by atoms with Crippen LogP contribution in [0.5, 0.6) is 0 Å². The van der Waals surface area contributed by atoms with Crippen LogP contribution in [0, 0.1) is 0 Å². The molecular weight excluding hydrogens is 326 g/mol. The molecule has 0 aliphatic heterocycles. The molecule has 0 saturated heterocycles. The fourth-order valence-electron chi connectivity index (χ4n) is 4.70. The van der Waals surface area contributed by atoms with Crippen molar-refractivity contribution in [1.82, 2.24) is 4.90 Å². The van der Waals surface area contributed by atoms with Gasteiger partial charge in [-0.25, -0.2) is 4.79 Å². The Morgan fingerprint density at radius 2 is 1.46 bits per heavy atom. The van der Waals surface area contributed by atoms with Gasteiger partial charge in [0.15, 0.2) is 0 Å².